The molecule has 1 fully saturated rings. The van der Waals surface area contributed by atoms with Crippen molar-refractivity contribution in [2.45, 2.75) is 24.6 Å². The lowest BCUT2D eigenvalue weighted by Crippen LogP contribution is -2.44. The van der Waals surface area contributed by atoms with E-state index in [4.69, 9.17) is 10.5 Å². The zero-order chi connectivity index (χ0) is 10.8. The summed E-state index contributed by atoms with van der Waals surface area (Å²) in [6.45, 7) is 2.48. The smallest absolute Gasteiger partial charge is 0.221 e. The zero-order valence-electron chi connectivity index (χ0n) is 7.89. The Morgan fingerprint density at radius 3 is 2.79 bits per heavy atom. The molecule has 0 aromatic rings. The lowest BCUT2D eigenvalue weighted by molar-refractivity contribution is 0.192. The van der Waals surface area contributed by atoms with Crippen LogP contribution in [0.1, 0.15) is 13.3 Å². The van der Waals surface area contributed by atoms with Gasteiger partial charge >= 0.3 is 0 Å². The summed E-state index contributed by atoms with van der Waals surface area (Å²) in [6.07, 6.45) is 0.698. The molecule has 1 rings (SSSR count). The Morgan fingerprint density at radius 1 is 1.71 bits per heavy atom. The first-order valence-electron chi connectivity index (χ1n) is 4.31. The van der Waals surface area contributed by atoms with E-state index in [-0.39, 0.29) is 11.0 Å². The van der Waals surface area contributed by atoms with Crippen LogP contribution in [0.2, 0.25) is 0 Å². The van der Waals surface area contributed by atoms with Gasteiger partial charge in [-0.05, 0) is 13.3 Å². The summed E-state index contributed by atoms with van der Waals surface area (Å²) in [5, 5.41) is -0.835. The molecule has 0 radical (unpaired) electrons. The van der Waals surface area contributed by atoms with E-state index in [2.05, 4.69) is 16.9 Å². The Labute approximate surface area is 89.0 Å². The largest absolute Gasteiger partial charge is 0.392 e. The second-order valence-electron chi connectivity index (χ2n) is 3.27. The molecule has 1 aliphatic rings. The number of nitrogens with one attached hydrogen (secondary N) is 1. The summed E-state index contributed by atoms with van der Waals surface area (Å²) in [7, 11) is -3.44. The van der Waals surface area contributed by atoms with Gasteiger partial charge in [-0.1, -0.05) is 12.2 Å². The van der Waals surface area contributed by atoms with Gasteiger partial charge < -0.3 is 10.5 Å². The molecule has 2 atom stereocenters. The number of sulfonamides is 1. The molecule has 2 unspecified atom stereocenters. The van der Waals surface area contributed by atoms with Crippen LogP contribution in [0.15, 0.2) is 0 Å². The number of rotatable bonds is 4. The Bertz CT molecular complexity index is 309. The van der Waals surface area contributed by atoms with Crippen LogP contribution in [0.25, 0.3) is 0 Å². The summed E-state index contributed by atoms with van der Waals surface area (Å²) in [5.41, 5.74) is 5.28. The van der Waals surface area contributed by atoms with Gasteiger partial charge in [0.05, 0.1) is 11.6 Å². The van der Waals surface area contributed by atoms with Gasteiger partial charge in [-0.15, -0.1) is 0 Å². The molecule has 1 heterocycles. The quantitative estimate of drug-likeness (QED) is 0.637. The molecule has 0 spiro atoms. The maximum Gasteiger partial charge on any atom is 0.221 e. The second-order valence-corrected chi connectivity index (χ2v) is 5.77. The van der Waals surface area contributed by atoms with Crippen molar-refractivity contribution < 1.29 is 13.2 Å². The molecular formula is C7H14N2O3S2. The first kappa shape index (κ1) is 11.8. The Morgan fingerprint density at radius 2 is 2.36 bits per heavy atom. The molecule has 1 saturated heterocycles. The summed E-state index contributed by atoms with van der Waals surface area (Å²) in [4.78, 5) is -0.0172. The van der Waals surface area contributed by atoms with Crippen molar-refractivity contribution in [1.82, 2.24) is 4.72 Å². The van der Waals surface area contributed by atoms with E-state index in [0.717, 1.165) is 0 Å². The van der Waals surface area contributed by atoms with E-state index in [9.17, 15) is 8.42 Å². The van der Waals surface area contributed by atoms with Crippen LogP contribution in [0.3, 0.4) is 0 Å². The summed E-state index contributed by atoms with van der Waals surface area (Å²) in [6, 6.07) is -0.142. The van der Waals surface area contributed by atoms with Crippen LogP contribution in [-0.4, -0.2) is 37.9 Å². The third kappa shape index (κ3) is 2.88. The van der Waals surface area contributed by atoms with Crippen molar-refractivity contribution >= 4 is 27.2 Å². The maximum absolute atomic E-state index is 11.6. The first-order valence-corrected chi connectivity index (χ1v) is 6.27. The summed E-state index contributed by atoms with van der Waals surface area (Å²) >= 11 is 4.63. The first-order chi connectivity index (χ1) is 6.43. The Balaban J connectivity index is 2.61. The number of hydrogen-bond donors (Lipinski definition) is 2. The molecule has 3 N–H and O–H groups in total. The van der Waals surface area contributed by atoms with Gasteiger partial charge in [0.1, 0.15) is 5.25 Å². The fourth-order valence-electron chi connectivity index (χ4n) is 1.11. The minimum Gasteiger partial charge on any atom is -0.392 e. The average Bonchev–Trinajstić information content (AvgIpc) is 2.54. The molecule has 5 nitrogen and oxygen atoms in total. The number of nitrogens with two attached hydrogens (primary N) is 1. The second kappa shape index (κ2) is 4.52. The summed E-state index contributed by atoms with van der Waals surface area (Å²) in [5.74, 6) is 0. The monoisotopic (exact) mass is 238 g/mol. The van der Waals surface area contributed by atoms with Crippen LogP contribution in [0, 0.1) is 0 Å². The Kier molecular flexibility index (Phi) is 3.82. The molecule has 0 saturated carbocycles. The molecule has 1 aliphatic heterocycles. The Hall–Kier alpha value is -0.240. The fourth-order valence-corrected chi connectivity index (χ4v) is 2.66. The van der Waals surface area contributed by atoms with Crippen molar-refractivity contribution in [2.24, 2.45) is 5.73 Å². The highest BCUT2D eigenvalue weighted by Crippen LogP contribution is 2.07. The molecule has 82 valence electrons. The van der Waals surface area contributed by atoms with Crippen LogP contribution >= 0.6 is 12.2 Å². The van der Waals surface area contributed by atoms with Crippen molar-refractivity contribution in [2.75, 3.05) is 13.2 Å². The van der Waals surface area contributed by atoms with Crippen LogP contribution in [0.4, 0.5) is 0 Å². The van der Waals surface area contributed by atoms with Gasteiger partial charge in [0.25, 0.3) is 0 Å². The number of ether oxygens (including phenoxy) is 1. The van der Waals surface area contributed by atoms with Crippen molar-refractivity contribution in [3.05, 3.63) is 0 Å². The lowest BCUT2D eigenvalue weighted by atomic mass is 10.3. The zero-order valence-corrected chi connectivity index (χ0v) is 9.53. The van der Waals surface area contributed by atoms with Crippen molar-refractivity contribution in [3.8, 4) is 0 Å². The van der Waals surface area contributed by atoms with Gasteiger partial charge in [-0.3, -0.25) is 0 Å². The third-order valence-electron chi connectivity index (χ3n) is 2.13. The third-order valence-corrected chi connectivity index (χ3v) is 4.48. The minimum atomic E-state index is -3.44. The van der Waals surface area contributed by atoms with Gasteiger partial charge in [0.15, 0.2) is 0 Å². The molecule has 0 aliphatic carbocycles. The molecule has 0 aromatic heterocycles. The van der Waals surface area contributed by atoms with Gasteiger partial charge in [-0.2, -0.15) is 0 Å². The van der Waals surface area contributed by atoms with E-state index < -0.39 is 15.3 Å². The standard InChI is InChI=1S/C7H14N2O3S2/c1-5(7(8)13)14(10,11)9-6-2-3-12-4-6/h5-6,9H,2-4H2,1H3,(H2,8,13). The van der Waals surface area contributed by atoms with Gasteiger partial charge in [-0.25, -0.2) is 13.1 Å². The van der Waals surface area contributed by atoms with Crippen molar-refractivity contribution in [3.63, 3.8) is 0 Å². The average molecular weight is 238 g/mol. The van der Waals surface area contributed by atoms with Crippen LogP contribution in [0.5, 0.6) is 0 Å². The highest BCUT2D eigenvalue weighted by molar-refractivity contribution is 7.93. The van der Waals surface area contributed by atoms with E-state index in [1.807, 2.05) is 0 Å². The molecule has 0 bridgehead atoms. The van der Waals surface area contributed by atoms with Crippen LogP contribution in [-0.2, 0) is 14.8 Å². The molecule has 14 heavy (non-hydrogen) atoms. The normalized spacial score (nSPS) is 24.8. The van der Waals surface area contributed by atoms with Gasteiger partial charge in [0.2, 0.25) is 10.0 Å². The number of thiocarbonyl (C=S) groups is 1. The fraction of sp³-hybridized carbons (Fsp3) is 0.857. The molecule has 7 heteroatoms. The minimum absolute atomic E-state index is 0.0172. The lowest BCUT2D eigenvalue weighted by Gasteiger charge is -2.15. The molecular weight excluding hydrogens is 224 g/mol. The van der Waals surface area contributed by atoms with Crippen LogP contribution < -0.4 is 10.5 Å². The topological polar surface area (TPSA) is 81.4 Å². The van der Waals surface area contributed by atoms with Crippen molar-refractivity contribution in [1.29, 1.82) is 0 Å². The predicted molar refractivity (Wildman–Crippen MR) is 57.5 cm³/mol. The highest BCUT2D eigenvalue weighted by atomic mass is 32.2. The van der Waals surface area contributed by atoms with E-state index in [0.29, 0.717) is 19.6 Å². The molecule has 0 aromatic carbocycles. The highest BCUT2D eigenvalue weighted by Gasteiger charge is 2.28. The van der Waals surface area contributed by atoms with E-state index >= 15 is 0 Å². The predicted octanol–water partition coefficient (Wildman–Crippen LogP) is -0.631. The van der Waals surface area contributed by atoms with Gasteiger partial charge in [0, 0.05) is 12.6 Å². The van der Waals surface area contributed by atoms with E-state index in [1.54, 1.807) is 0 Å². The number of hydrogen-bond acceptors (Lipinski definition) is 4. The summed E-state index contributed by atoms with van der Waals surface area (Å²) < 4.78 is 30.8. The van der Waals surface area contributed by atoms with E-state index in [1.165, 1.54) is 6.92 Å². The molecule has 0 amide bonds. The SMILES string of the molecule is CC(C(N)=S)S(=O)(=O)NC1CCOC1. The maximum atomic E-state index is 11.6.